The average Bonchev–Trinajstić information content (AvgIpc) is 2.95. The van der Waals surface area contributed by atoms with Gasteiger partial charge in [0.2, 0.25) is 0 Å². The summed E-state index contributed by atoms with van der Waals surface area (Å²) in [5.41, 5.74) is -0.153. The molecule has 2 aromatic heterocycles. The first-order chi connectivity index (χ1) is 9.84. The molecule has 1 aliphatic heterocycles. The lowest BCUT2D eigenvalue weighted by Gasteiger charge is -2.36. The van der Waals surface area contributed by atoms with Crippen molar-refractivity contribution in [3.63, 3.8) is 0 Å². The molecule has 0 aromatic carbocycles. The number of aromatic amines is 1. The third-order valence-electron chi connectivity index (χ3n) is 3.58. The summed E-state index contributed by atoms with van der Waals surface area (Å²) in [5.74, 6) is 2.44. The zero-order valence-electron chi connectivity index (χ0n) is 12.7. The highest BCUT2D eigenvalue weighted by molar-refractivity contribution is 5.90. The van der Waals surface area contributed by atoms with E-state index < -0.39 is 0 Å². The highest BCUT2D eigenvalue weighted by Crippen LogP contribution is 2.27. The Balaban J connectivity index is 1.64. The van der Waals surface area contributed by atoms with Crippen LogP contribution >= 0.6 is 0 Å². The fraction of sp³-hybridized carbons (Fsp3) is 0.571. The molecule has 0 bridgehead atoms. The number of H-pyrrole nitrogens is 1. The van der Waals surface area contributed by atoms with Gasteiger partial charge < -0.3 is 9.32 Å². The molecule has 1 saturated heterocycles. The van der Waals surface area contributed by atoms with Gasteiger partial charge in [0.1, 0.15) is 11.6 Å². The van der Waals surface area contributed by atoms with Crippen LogP contribution < -0.4 is 0 Å². The summed E-state index contributed by atoms with van der Waals surface area (Å²) in [6.45, 7) is 9.12. The van der Waals surface area contributed by atoms with Crippen molar-refractivity contribution >= 4 is 5.91 Å². The number of hydrogen-bond donors (Lipinski definition) is 1. The van der Waals surface area contributed by atoms with E-state index in [1.54, 1.807) is 11.1 Å². The quantitative estimate of drug-likeness (QED) is 0.908. The molecule has 2 aromatic rings. The van der Waals surface area contributed by atoms with Gasteiger partial charge in [0.15, 0.2) is 5.82 Å². The van der Waals surface area contributed by atoms with Crippen LogP contribution in [-0.4, -0.2) is 44.1 Å². The highest BCUT2D eigenvalue weighted by Gasteiger charge is 2.36. The van der Waals surface area contributed by atoms with Gasteiger partial charge in [-0.25, -0.2) is 9.97 Å². The van der Waals surface area contributed by atoms with Gasteiger partial charge in [0.25, 0.3) is 5.89 Å². The molecule has 21 heavy (non-hydrogen) atoms. The van der Waals surface area contributed by atoms with Crippen LogP contribution in [0.3, 0.4) is 0 Å². The lowest BCUT2D eigenvalue weighted by Crippen LogP contribution is -2.49. The van der Waals surface area contributed by atoms with Crippen LogP contribution in [0.15, 0.2) is 10.6 Å². The van der Waals surface area contributed by atoms with E-state index in [1.165, 1.54) is 0 Å². The number of nitrogens with zero attached hydrogens (tertiary/aromatic N) is 4. The summed E-state index contributed by atoms with van der Waals surface area (Å²) in [6.07, 6.45) is 1.63. The molecule has 1 amide bonds. The monoisotopic (exact) mass is 289 g/mol. The summed E-state index contributed by atoms with van der Waals surface area (Å²) >= 11 is 0. The number of oxazole rings is 1. The SMILES string of the molecule is Cc1nc(C2CN(C(=O)c3ncc(C(C)(C)C)o3)C2)n[nH]1. The van der Waals surface area contributed by atoms with Gasteiger partial charge in [-0.2, -0.15) is 5.10 Å². The van der Waals surface area contributed by atoms with Crippen molar-refractivity contribution in [2.24, 2.45) is 0 Å². The first-order valence-corrected chi connectivity index (χ1v) is 6.99. The number of likely N-dealkylation sites (tertiary alicyclic amines) is 1. The molecule has 7 heteroatoms. The molecule has 1 aliphatic rings. The van der Waals surface area contributed by atoms with Crippen molar-refractivity contribution in [1.29, 1.82) is 0 Å². The molecule has 112 valence electrons. The Kier molecular flexibility index (Phi) is 3.07. The van der Waals surface area contributed by atoms with Crippen molar-refractivity contribution in [3.8, 4) is 0 Å². The van der Waals surface area contributed by atoms with Crippen LogP contribution in [0.1, 0.15) is 54.8 Å². The number of carbonyl (C=O) groups excluding carboxylic acids is 1. The van der Waals surface area contributed by atoms with Gasteiger partial charge in [-0.1, -0.05) is 20.8 Å². The number of carbonyl (C=O) groups is 1. The van der Waals surface area contributed by atoms with E-state index in [0.29, 0.717) is 18.8 Å². The maximum absolute atomic E-state index is 12.3. The summed E-state index contributed by atoms with van der Waals surface area (Å²) in [7, 11) is 0. The maximum Gasteiger partial charge on any atom is 0.309 e. The Morgan fingerprint density at radius 1 is 1.43 bits per heavy atom. The molecule has 3 rings (SSSR count). The summed E-state index contributed by atoms with van der Waals surface area (Å²) in [5, 5.41) is 6.95. The van der Waals surface area contributed by atoms with Crippen molar-refractivity contribution in [2.75, 3.05) is 13.1 Å². The average molecular weight is 289 g/mol. The number of nitrogens with one attached hydrogen (secondary N) is 1. The predicted octanol–water partition coefficient (Wildman–Crippen LogP) is 1.64. The van der Waals surface area contributed by atoms with Crippen LogP contribution in [-0.2, 0) is 5.41 Å². The fourth-order valence-corrected chi connectivity index (χ4v) is 2.21. The largest absolute Gasteiger partial charge is 0.437 e. The van der Waals surface area contributed by atoms with Crippen molar-refractivity contribution < 1.29 is 9.21 Å². The Bertz CT molecular complexity index is 661. The van der Waals surface area contributed by atoms with E-state index in [1.807, 2.05) is 27.7 Å². The molecule has 7 nitrogen and oxygen atoms in total. The Morgan fingerprint density at radius 2 is 2.14 bits per heavy atom. The molecule has 0 aliphatic carbocycles. The zero-order valence-corrected chi connectivity index (χ0v) is 12.7. The minimum absolute atomic E-state index is 0.153. The molecule has 1 fully saturated rings. The number of amides is 1. The van der Waals surface area contributed by atoms with E-state index in [9.17, 15) is 4.79 Å². The highest BCUT2D eigenvalue weighted by atomic mass is 16.4. The van der Waals surface area contributed by atoms with Crippen LogP contribution in [0.5, 0.6) is 0 Å². The second-order valence-corrected chi connectivity index (χ2v) is 6.47. The Hall–Kier alpha value is -2.18. The van der Waals surface area contributed by atoms with Crippen LogP contribution in [0, 0.1) is 6.92 Å². The summed E-state index contributed by atoms with van der Waals surface area (Å²) in [4.78, 5) is 22.4. The second kappa shape index (κ2) is 4.68. The molecule has 3 heterocycles. The van der Waals surface area contributed by atoms with Crippen LogP contribution in [0.4, 0.5) is 0 Å². The normalized spacial score (nSPS) is 16.1. The molecule has 0 atom stereocenters. The van der Waals surface area contributed by atoms with Crippen molar-refractivity contribution in [3.05, 3.63) is 29.5 Å². The minimum atomic E-state index is -0.172. The maximum atomic E-state index is 12.3. The molecular weight excluding hydrogens is 270 g/mol. The standard InChI is InChI=1S/C14H19N5O2/c1-8-16-11(18-17-8)9-6-19(7-9)13(20)12-15-5-10(21-12)14(2,3)4/h5,9H,6-7H2,1-4H3,(H,16,17,18). The van der Waals surface area contributed by atoms with Gasteiger partial charge in [-0.05, 0) is 6.92 Å². The van der Waals surface area contributed by atoms with Crippen molar-refractivity contribution in [1.82, 2.24) is 25.1 Å². The van der Waals surface area contributed by atoms with E-state index >= 15 is 0 Å². The lowest BCUT2D eigenvalue weighted by atomic mass is 9.94. The van der Waals surface area contributed by atoms with Crippen LogP contribution in [0.2, 0.25) is 0 Å². The van der Waals surface area contributed by atoms with E-state index in [4.69, 9.17) is 4.42 Å². The molecule has 0 radical (unpaired) electrons. The zero-order chi connectivity index (χ0) is 15.2. The minimum Gasteiger partial charge on any atom is -0.437 e. The number of aromatic nitrogens is 4. The summed E-state index contributed by atoms with van der Waals surface area (Å²) < 4.78 is 5.57. The van der Waals surface area contributed by atoms with E-state index in [-0.39, 0.29) is 23.1 Å². The van der Waals surface area contributed by atoms with Gasteiger partial charge in [0, 0.05) is 18.5 Å². The second-order valence-electron chi connectivity index (χ2n) is 6.47. The fourth-order valence-electron chi connectivity index (χ4n) is 2.21. The lowest BCUT2D eigenvalue weighted by molar-refractivity contribution is 0.0550. The first kappa shape index (κ1) is 13.8. The molecule has 0 spiro atoms. The van der Waals surface area contributed by atoms with Gasteiger partial charge in [-0.3, -0.25) is 9.89 Å². The van der Waals surface area contributed by atoms with Crippen LogP contribution in [0.25, 0.3) is 0 Å². The van der Waals surface area contributed by atoms with Gasteiger partial charge >= 0.3 is 5.91 Å². The Morgan fingerprint density at radius 3 is 2.67 bits per heavy atom. The topological polar surface area (TPSA) is 87.9 Å². The number of hydrogen-bond acceptors (Lipinski definition) is 5. The van der Waals surface area contributed by atoms with Crippen molar-refractivity contribution in [2.45, 2.75) is 39.0 Å². The molecule has 0 unspecified atom stereocenters. The first-order valence-electron chi connectivity index (χ1n) is 6.99. The third-order valence-corrected chi connectivity index (χ3v) is 3.58. The van der Waals surface area contributed by atoms with E-state index in [2.05, 4.69) is 20.2 Å². The third kappa shape index (κ3) is 2.55. The van der Waals surface area contributed by atoms with Gasteiger partial charge in [-0.15, -0.1) is 0 Å². The molecular formula is C14H19N5O2. The number of rotatable bonds is 2. The predicted molar refractivity (Wildman–Crippen MR) is 75.0 cm³/mol. The molecule has 0 saturated carbocycles. The number of aryl methyl sites for hydroxylation is 1. The Labute approximate surface area is 122 Å². The summed E-state index contributed by atoms with van der Waals surface area (Å²) in [6, 6.07) is 0. The van der Waals surface area contributed by atoms with E-state index in [0.717, 1.165) is 11.6 Å². The smallest absolute Gasteiger partial charge is 0.309 e. The molecule has 1 N–H and O–H groups in total. The van der Waals surface area contributed by atoms with Gasteiger partial charge in [0.05, 0.1) is 12.1 Å².